The molecule has 0 saturated heterocycles. The summed E-state index contributed by atoms with van der Waals surface area (Å²) in [6, 6.07) is 3.94. The van der Waals surface area contributed by atoms with Crippen LogP contribution in [0.25, 0.3) is 0 Å². The fraction of sp³-hybridized carbons (Fsp3) is 0.250. The molecule has 0 amide bonds. The Labute approximate surface area is 85.1 Å². The highest BCUT2D eigenvalue weighted by atomic mass is 32.2. The van der Waals surface area contributed by atoms with Gasteiger partial charge in [0.15, 0.2) is 5.09 Å². The number of rotatable bonds is 2. The summed E-state index contributed by atoms with van der Waals surface area (Å²) in [6.07, 6.45) is 0. The number of nitriles is 2. The van der Waals surface area contributed by atoms with Crippen LogP contribution in [0.2, 0.25) is 0 Å². The van der Waals surface area contributed by atoms with Crippen LogP contribution < -0.4 is 0 Å². The average molecular weight is 210 g/mol. The summed E-state index contributed by atoms with van der Waals surface area (Å²) in [7, 11) is 0. The quantitative estimate of drug-likeness (QED) is 0.701. The van der Waals surface area contributed by atoms with Crippen LogP contribution in [-0.2, 0) is 4.74 Å². The van der Waals surface area contributed by atoms with Crippen molar-refractivity contribution in [3.05, 3.63) is 20.3 Å². The number of allylic oxidation sites excluding steroid dienone is 2. The molecule has 1 heterocycles. The Morgan fingerprint density at radius 1 is 1.38 bits per heavy atom. The molecule has 0 spiro atoms. The average Bonchev–Trinajstić information content (AvgIpc) is 2.18. The van der Waals surface area contributed by atoms with E-state index in [2.05, 4.69) is 0 Å². The van der Waals surface area contributed by atoms with Crippen molar-refractivity contribution in [2.45, 2.75) is 6.92 Å². The summed E-state index contributed by atoms with van der Waals surface area (Å²) >= 11 is 2.43. The van der Waals surface area contributed by atoms with Crippen molar-refractivity contribution in [3.63, 3.8) is 0 Å². The van der Waals surface area contributed by atoms with Gasteiger partial charge in [-0.3, -0.25) is 0 Å². The van der Waals surface area contributed by atoms with Crippen molar-refractivity contribution in [2.75, 3.05) is 6.61 Å². The molecule has 0 aromatic rings. The van der Waals surface area contributed by atoms with Crippen LogP contribution in [0.5, 0.6) is 0 Å². The van der Waals surface area contributed by atoms with E-state index in [0.29, 0.717) is 21.5 Å². The molecule has 13 heavy (non-hydrogen) atoms. The Morgan fingerprint density at radius 3 is 2.62 bits per heavy atom. The Kier molecular flexibility index (Phi) is 3.75. The van der Waals surface area contributed by atoms with Gasteiger partial charge in [-0.1, -0.05) is 11.8 Å². The number of nitrogens with zero attached hydrogens (tertiary/aromatic N) is 2. The molecule has 0 atom stereocenters. The molecule has 0 N–H and O–H groups in total. The number of hydrogen-bond acceptors (Lipinski definition) is 5. The fourth-order valence-corrected chi connectivity index (χ4v) is 2.34. The van der Waals surface area contributed by atoms with Crippen LogP contribution in [0.3, 0.4) is 0 Å². The highest BCUT2D eigenvalue weighted by Crippen LogP contribution is 2.39. The normalized spacial score (nSPS) is 15.8. The molecule has 1 aliphatic rings. The zero-order chi connectivity index (χ0) is 9.68. The van der Waals surface area contributed by atoms with Crippen molar-refractivity contribution in [2.24, 2.45) is 0 Å². The Morgan fingerprint density at radius 2 is 2.08 bits per heavy atom. The summed E-state index contributed by atoms with van der Waals surface area (Å²) < 4.78 is 5.22. The maximum absolute atomic E-state index is 8.70. The second-order valence-electron chi connectivity index (χ2n) is 1.97. The minimum atomic E-state index is 0.415. The minimum absolute atomic E-state index is 0.415. The van der Waals surface area contributed by atoms with Gasteiger partial charge in [0.25, 0.3) is 0 Å². The monoisotopic (exact) mass is 210 g/mol. The van der Waals surface area contributed by atoms with Crippen molar-refractivity contribution in [1.29, 1.82) is 10.5 Å². The zero-order valence-electron chi connectivity index (χ0n) is 6.90. The molecular formula is C8H6N2OS2. The fourth-order valence-electron chi connectivity index (χ4n) is 0.688. The standard InChI is InChI=1S/C8H6N2OS2/c1-2-11-8-5-12-6(3-9)7(4-10)13-8/h5H,2H2,1H3. The molecule has 0 aromatic heterocycles. The summed E-state index contributed by atoms with van der Waals surface area (Å²) in [5, 5.41) is 19.8. The number of thioether (sulfide) groups is 2. The molecule has 1 rings (SSSR count). The van der Waals surface area contributed by atoms with Crippen molar-refractivity contribution < 1.29 is 4.74 Å². The Balaban J connectivity index is 2.75. The predicted octanol–water partition coefficient (Wildman–Crippen LogP) is 2.56. The summed E-state index contributed by atoms with van der Waals surface area (Å²) in [5.41, 5.74) is 0. The molecule has 0 fully saturated rings. The van der Waals surface area contributed by atoms with Crippen LogP contribution in [0, 0.1) is 22.7 Å². The Bertz CT molecular complexity index is 346. The molecule has 0 saturated carbocycles. The van der Waals surface area contributed by atoms with E-state index in [1.165, 1.54) is 23.5 Å². The third kappa shape index (κ3) is 2.45. The summed E-state index contributed by atoms with van der Waals surface area (Å²) in [4.78, 5) is 0.856. The first kappa shape index (κ1) is 10.0. The van der Waals surface area contributed by atoms with Gasteiger partial charge in [0.1, 0.15) is 21.9 Å². The molecule has 0 unspecified atom stereocenters. The maximum Gasteiger partial charge on any atom is 0.165 e. The third-order valence-electron chi connectivity index (χ3n) is 1.17. The van der Waals surface area contributed by atoms with E-state index in [-0.39, 0.29) is 0 Å². The third-order valence-corrected chi connectivity index (χ3v) is 3.25. The topological polar surface area (TPSA) is 56.8 Å². The van der Waals surface area contributed by atoms with Crippen LogP contribution in [0.15, 0.2) is 20.3 Å². The van der Waals surface area contributed by atoms with Gasteiger partial charge in [0, 0.05) is 5.41 Å². The van der Waals surface area contributed by atoms with Gasteiger partial charge in [0.05, 0.1) is 6.61 Å². The first-order chi connectivity index (χ1) is 6.31. The smallest absolute Gasteiger partial charge is 0.165 e. The number of hydrogen-bond donors (Lipinski definition) is 0. The van der Waals surface area contributed by atoms with E-state index in [0.717, 1.165) is 0 Å². The molecular weight excluding hydrogens is 204 g/mol. The molecule has 0 aromatic carbocycles. The highest BCUT2D eigenvalue weighted by Gasteiger charge is 2.16. The van der Waals surface area contributed by atoms with E-state index in [1.54, 1.807) is 5.41 Å². The lowest BCUT2D eigenvalue weighted by Crippen LogP contribution is -1.92. The molecule has 0 aliphatic carbocycles. The second-order valence-corrected chi connectivity index (χ2v) is 3.87. The zero-order valence-corrected chi connectivity index (χ0v) is 8.54. The van der Waals surface area contributed by atoms with Gasteiger partial charge in [-0.25, -0.2) is 0 Å². The minimum Gasteiger partial charge on any atom is -0.487 e. The van der Waals surface area contributed by atoms with Crippen molar-refractivity contribution in [3.8, 4) is 12.1 Å². The first-order valence-corrected chi connectivity index (χ1v) is 5.23. The van der Waals surface area contributed by atoms with Gasteiger partial charge >= 0.3 is 0 Å². The molecule has 5 heteroatoms. The lowest BCUT2D eigenvalue weighted by molar-refractivity contribution is 0.259. The van der Waals surface area contributed by atoms with Gasteiger partial charge < -0.3 is 4.74 Å². The predicted molar refractivity (Wildman–Crippen MR) is 53.1 cm³/mol. The lowest BCUT2D eigenvalue weighted by atomic mass is 10.5. The van der Waals surface area contributed by atoms with E-state index >= 15 is 0 Å². The van der Waals surface area contributed by atoms with E-state index in [4.69, 9.17) is 15.3 Å². The lowest BCUT2D eigenvalue weighted by Gasteiger charge is -2.11. The van der Waals surface area contributed by atoms with E-state index in [9.17, 15) is 0 Å². The van der Waals surface area contributed by atoms with Gasteiger partial charge in [-0.05, 0) is 18.7 Å². The molecule has 0 radical (unpaired) electrons. The highest BCUT2D eigenvalue weighted by molar-refractivity contribution is 8.13. The van der Waals surface area contributed by atoms with E-state index in [1.807, 2.05) is 19.1 Å². The maximum atomic E-state index is 8.70. The van der Waals surface area contributed by atoms with E-state index < -0.39 is 0 Å². The van der Waals surface area contributed by atoms with Crippen molar-refractivity contribution in [1.82, 2.24) is 0 Å². The Hall–Kier alpha value is -1.04. The number of ether oxygens (including phenoxy) is 1. The van der Waals surface area contributed by atoms with Crippen molar-refractivity contribution >= 4 is 23.5 Å². The van der Waals surface area contributed by atoms with Crippen LogP contribution in [-0.4, -0.2) is 6.61 Å². The van der Waals surface area contributed by atoms with Gasteiger partial charge in [-0.2, -0.15) is 10.5 Å². The first-order valence-electron chi connectivity index (χ1n) is 3.53. The van der Waals surface area contributed by atoms with Gasteiger partial charge in [-0.15, -0.1) is 0 Å². The summed E-state index contributed by atoms with van der Waals surface area (Å²) in [6.45, 7) is 2.45. The largest absolute Gasteiger partial charge is 0.487 e. The SMILES string of the molecule is CCOC1=CSC(C#N)=C(C#N)S1. The van der Waals surface area contributed by atoms with Crippen LogP contribution >= 0.6 is 23.5 Å². The summed E-state index contributed by atoms with van der Waals surface area (Å²) in [5.74, 6) is 0. The van der Waals surface area contributed by atoms with Crippen LogP contribution in [0.4, 0.5) is 0 Å². The molecule has 1 aliphatic heterocycles. The van der Waals surface area contributed by atoms with Crippen LogP contribution in [0.1, 0.15) is 6.92 Å². The molecule has 3 nitrogen and oxygen atoms in total. The van der Waals surface area contributed by atoms with Gasteiger partial charge in [0.2, 0.25) is 0 Å². The molecule has 66 valence electrons. The second kappa shape index (κ2) is 4.86. The molecule has 0 bridgehead atoms.